The van der Waals surface area contributed by atoms with E-state index in [1.54, 1.807) is 23.1 Å². The van der Waals surface area contributed by atoms with Crippen molar-refractivity contribution >= 4 is 28.2 Å². The Balaban J connectivity index is 2.27. The van der Waals surface area contributed by atoms with Gasteiger partial charge in [0.15, 0.2) is 4.34 Å². The summed E-state index contributed by atoms with van der Waals surface area (Å²) in [6.45, 7) is 2.64. The molecule has 1 heterocycles. The number of benzene rings is 1. The van der Waals surface area contributed by atoms with Gasteiger partial charge in [0.1, 0.15) is 0 Å². The zero-order chi connectivity index (χ0) is 13.1. The molecule has 0 aliphatic rings. The second kappa shape index (κ2) is 5.69. The molecule has 0 spiro atoms. The number of nitrogens with zero attached hydrogens (tertiary/aromatic N) is 3. The predicted molar refractivity (Wildman–Crippen MR) is 77.4 cm³/mol. The van der Waals surface area contributed by atoms with E-state index >= 15 is 0 Å². The van der Waals surface area contributed by atoms with Gasteiger partial charge in [-0.3, -0.25) is 0 Å². The maximum Gasteiger partial charge on any atom is 0.208 e. The number of hydrogen-bond acceptors (Lipinski definition) is 6. The lowest BCUT2D eigenvalue weighted by Gasteiger charge is -2.08. The fourth-order valence-corrected chi connectivity index (χ4v) is 3.44. The first-order valence-electron chi connectivity index (χ1n) is 5.59. The number of aryl methyl sites for hydroxylation is 1. The summed E-state index contributed by atoms with van der Waals surface area (Å²) in [5, 5.41) is 9.25. The summed E-state index contributed by atoms with van der Waals surface area (Å²) in [5.74, 6) is 0. The summed E-state index contributed by atoms with van der Waals surface area (Å²) in [5.41, 5.74) is 8.15. The summed E-state index contributed by atoms with van der Waals surface area (Å²) in [6, 6.07) is 6.19. The number of rotatable bonds is 4. The third-order valence-corrected chi connectivity index (χ3v) is 4.91. The number of aromatic nitrogens is 2. The Morgan fingerprint density at radius 2 is 2.11 bits per heavy atom. The van der Waals surface area contributed by atoms with Crippen LogP contribution >= 0.6 is 23.1 Å². The molecule has 0 bridgehead atoms. The Morgan fingerprint density at radius 3 is 2.72 bits per heavy atom. The van der Waals surface area contributed by atoms with Crippen LogP contribution in [0.25, 0.3) is 0 Å². The fraction of sp³-hybridized carbons (Fsp3) is 0.333. The molecule has 0 atom stereocenters. The maximum atomic E-state index is 5.77. The molecule has 0 saturated carbocycles. The molecular formula is C12H16N4S2. The highest BCUT2D eigenvalue weighted by Gasteiger charge is 2.11. The zero-order valence-corrected chi connectivity index (χ0v) is 12.3. The molecule has 1 aromatic carbocycles. The van der Waals surface area contributed by atoms with Crippen LogP contribution in [0.5, 0.6) is 0 Å². The number of anilines is 1. The fourth-order valence-electron chi connectivity index (χ4n) is 1.53. The second-order valence-corrected chi connectivity index (χ2v) is 6.33. The van der Waals surface area contributed by atoms with E-state index in [-0.39, 0.29) is 0 Å². The SMILES string of the molecule is Cc1cccc(CN)c1Sc1nnc(N(C)C)s1. The minimum atomic E-state index is 0.545. The highest BCUT2D eigenvalue weighted by Crippen LogP contribution is 2.36. The van der Waals surface area contributed by atoms with Crippen LogP contribution in [0, 0.1) is 6.92 Å². The first kappa shape index (κ1) is 13.3. The van der Waals surface area contributed by atoms with E-state index in [2.05, 4.69) is 29.3 Å². The van der Waals surface area contributed by atoms with Crippen molar-refractivity contribution in [3.05, 3.63) is 29.3 Å². The molecule has 18 heavy (non-hydrogen) atoms. The van der Waals surface area contributed by atoms with Gasteiger partial charge in [0.25, 0.3) is 0 Å². The average molecular weight is 280 g/mol. The van der Waals surface area contributed by atoms with Crippen LogP contribution in [-0.2, 0) is 6.54 Å². The molecule has 96 valence electrons. The standard InChI is InChI=1S/C12H16N4S2/c1-8-5-4-6-9(7-13)10(8)17-12-15-14-11(18-12)16(2)3/h4-6H,7,13H2,1-3H3. The Hall–Kier alpha value is -1.11. The molecule has 0 amide bonds. The maximum absolute atomic E-state index is 5.77. The Labute approximate surface area is 115 Å². The normalized spacial score (nSPS) is 10.7. The van der Waals surface area contributed by atoms with Crippen LogP contribution < -0.4 is 10.6 Å². The van der Waals surface area contributed by atoms with Crippen molar-refractivity contribution in [1.82, 2.24) is 10.2 Å². The van der Waals surface area contributed by atoms with E-state index in [4.69, 9.17) is 5.73 Å². The van der Waals surface area contributed by atoms with E-state index in [9.17, 15) is 0 Å². The molecule has 0 fully saturated rings. The largest absolute Gasteiger partial charge is 0.353 e. The summed E-state index contributed by atoms with van der Waals surface area (Å²) in [6.07, 6.45) is 0. The molecule has 0 radical (unpaired) electrons. The Morgan fingerprint density at radius 1 is 1.33 bits per heavy atom. The molecule has 2 N–H and O–H groups in total. The van der Waals surface area contributed by atoms with E-state index in [0.29, 0.717) is 6.54 Å². The third-order valence-electron chi connectivity index (χ3n) is 2.48. The average Bonchev–Trinajstić information content (AvgIpc) is 2.80. The number of hydrogen-bond donors (Lipinski definition) is 1. The van der Waals surface area contributed by atoms with Crippen molar-refractivity contribution in [3.63, 3.8) is 0 Å². The van der Waals surface area contributed by atoms with Gasteiger partial charge in [-0.25, -0.2) is 0 Å². The van der Waals surface area contributed by atoms with Crippen molar-refractivity contribution < 1.29 is 0 Å². The third kappa shape index (κ3) is 2.82. The molecular weight excluding hydrogens is 264 g/mol. The Bertz CT molecular complexity index is 537. The van der Waals surface area contributed by atoms with Gasteiger partial charge < -0.3 is 10.6 Å². The smallest absolute Gasteiger partial charge is 0.208 e. The molecule has 0 saturated heterocycles. The molecule has 0 unspecified atom stereocenters. The summed E-state index contributed by atoms with van der Waals surface area (Å²) < 4.78 is 0.947. The van der Waals surface area contributed by atoms with Gasteiger partial charge in [0.2, 0.25) is 5.13 Å². The van der Waals surface area contributed by atoms with E-state index in [1.807, 2.05) is 25.1 Å². The molecule has 2 rings (SSSR count). The van der Waals surface area contributed by atoms with Gasteiger partial charge >= 0.3 is 0 Å². The van der Waals surface area contributed by atoms with E-state index < -0.39 is 0 Å². The van der Waals surface area contributed by atoms with Gasteiger partial charge in [-0.05, 0) is 18.1 Å². The highest BCUT2D eigenvalue weighted by atomic mass is 32.2. The lowest BCUT2D eigenvalue weighted by molar-refractivity contribution is 0.968. The topological polar surface area (TPSA) is 55.0 Å². The van der Waals surface area contributed by atoms with Crippen LogP contribution in [0.3, 0.4) is 0 Å². The zero-order valence-electron chi connectivity index (χ0n) is 10.7. The van der Waals surface area contributed by atoms with Crippen molar-refractivity contribution in [1.29, 1.82) is 0 Å². The minimum absolute atomic E-state index is 0.545. The van der Waals surface area contributed by atoms with Gasteiger partial charge in [0, 0.05) is 25.5 Å². The van der Waals surface area contributed by atoms with Crippen LogP contribution in [-0.4, -0.2) is 24.3 Å². The molecule has 2 aromatic rings. The van der Waals surface area contributed by atoms with Crippen LogP contribution in [0.4, 0.5) is 5.13 Å². The van der Waals surface area contributed by atoms with Crippen molar-refractivity contribution in [3.8, 4) is 0 Å². The van der Waals surface area contributed by atoms with Gasteiger partial charge in [-0.1, -0.05) is 41.3 Å². The van der Waals surface area contributed by atoms with Crippen LogP contribution in [0.1, 0.15) is 11.1 Å². The van der Waals surface area contributed by atoms with Gasteiger partial charge in [0.05, 0.1) is 0 Å². The van der Waals surface area contributed by atoms with E-state index in [1.165, 1.54) is 10.5 Å². The second-order valence-electron chi connectivity index (χ2n) is 4.11. The molecule has 0 aliphatic heterocycles. The highest BCUT2D eigenvalue weighted by molar-refractivity contribution is 8.01. The molecule has 6 heteroatoms. The molecule has 4 nitrogen and oxygen atoms in total. The lowest BCUT2D eigenvalue weighted by Crippen LogP contribution is -2.07. The quantitative estimate of drug-likeness (QED) is 0.932. The van der Waals surface area contributed by atoms with E-state index in [0.717, 1.165) is 15.0 Å². The number of nitrogens with two attached hydrogens (primary N) is 1. The molecule has 1 aromatic heterocycles. The lowest BCUT2D eigenvalue weighted by atomic mass is 10.1. The monoisotopic (exact) mass is 280 g/mol. The summed E-state index contributed by atoms with van der Waals surface area (Å²) in [7, 11) is 3.93. The van der Waals surface area contributed by atoms with Crippen molar-refractivity contribution in [2.24, 2.45) is 5.73 Å². The molecule has 0 aliphatic carbocycles. The first-order chi connectivity index (χ1) is 8.61. The van der Waals surface area contributed by atoms with Crippen LogP contribution in [0.2, 0.25) is 0 Å². The minimum Gasteiger partial charge on any atom is -0.353 e. The first-order valence-corrected chi connectivity index (χ1v) is 7.22. The van der Waals surface area contributed by atoms with Crippen molar-refractivity contribution in [2.45, 2.75) is 22.7 Å². The van der Waals surface area contributed by atoms with Gasteiger partial charge in [-0.15, -0.1) is 10.2 Å². The summed E-state index contributed by atoms with van der Waals surface area (Å²) in [4.78, 5) is 3.16. The Kier molecular flexibility index (Phi) is 4.21. The van der Waals surface area contributed by atoms with Gasteiger partial charge in [-0.2, -0.15) is 0 Å². The van der Waals surface area contributed by atoms with Crippen LogP contribution in [0.15, 0.2) is 27.4 Å². The van der Waals surface area contributed by atoms with Crippen molar-refractivity contribution in [2.75, 3.05) is 19.0 Å². The summed E-state index contributed by atoms with van der Waals surface area (Å²) >= 11 is 3.23. The predicted octanol–water partition coefficient (Wildman–Crippen LogP) is 2.52.